The molecule has 0 aliphatic carbocycles. The van der Waals surface area contributed by atoms with Crippen LogP contribution in [0.3, 0.4) is 0 Å². The van der Waals surface area contributed by atoms with Crippen LogP contribution in [0.15, 0.2) is 0 Å². The third kappa shape index (κ3) is 2.32. The van der Waals surface area contributed by atoms with E-state index in [4.69, 9.17) is 9.47 Å². The number of carbonyl (C=O) groups is 1. The zero-order valence-corrected chi connectivity index (χ0v) is 7.41. The van der Waals surface area contributed by atoms with E-state index in [0.717, 1.165) is 13.0 Å². The number of urea groups is 1. The molecule has 2 heterocycles. The Kier molecular flexibility index (Phi) is 2.65. The van der Waals surface area contributed by atoms with Crippen molar-refractivity contribution in [1.82, 2.24) is 10.6 Å². The highest BCUT2D eigenvalue weighted by Gasteiger charge is 2.23. The molecule has 2 amide bonds. The van der Waals surface area contributed by atoms with Crippen LogP contribution in [0.5, 0.6) is 0 Å². The second-order valence-electron chi connectivity index (χ2n) is 3.41. The molecule has 2 aliphatic rings. The van der Waals surface area contributed by atoms with Gasteiger partial charge < -0.3 is 20.1 Å². The first-order valence-electron chi connectivity index (χ1n) is 4.57. The molecule has 13 heavy (non-hydrogen) atoms. The van der Waals surface area contributed by atoms with Crippen molar-refractivity contribution in [2.24, 2.45) is 0 Å². The molecule has 0 spiro atoms. The van der Waals surface area contributed by atoms with Crippen molar-refractivity contribution in [2.45, 2.75) is 18.5 Å². The predicted octanol–water partition coefficient (Wildman–Crippen LogP) is -0.527. The minimum Gasteiger partial charge on any atom is -0.379 e. The first-order valence-corrected chi connectivity index (χ1v) is 4.57. The molecule has 2 fully saturated rings. The maximum Gasteiger partial charge on any atom is 0.315 e. The first-order chi connectivity index (χ1) is 6.34. The van der Waals surface area contributed by atoms with Crippen LogP contribution in [0.25, 0.3) is 0 Å². The van der Waals surface area contributed by atoms with Gasteiger partial charge in [0, 0.05) is 6.61 Å². The summed E-state index contributed by atoms with van der Waals surface area (Å²) in [7, 11) is 0. The molecule has 0 aromatic rings. The van der Waals surface area contributed by atoms with Crippen LogP contribution in [0.2, 0.25) is 0 Å². The van der Waals surface area contributed by atoms with Gasteiger partial charge in [0.2, 0.25) is 0 Å². The number of hydrogen-bond donors (Lipinski definition) is 2. The molecule has 2 rings (SSSR count). The van der Waals surface area contributed by atoms with Gasteiger partial charge in [-0.15, -0.1) is 0 Å². The molecular formula is C8H14N2O3. The lowest BCUT2D eigenvalue weighted by molar-refractivity contribution is -0.000151. The van der Waals surface area contributed by atoms with Gasteiger partial charge in [-0.2, -0.15) is 0 Å². The average Bonchev–Trinajstić information content (AvgIpc) is 2.49. The quantitative estimate of drug-likeness (QED) is 0.609. The molecule has 2 N–H and O–H groups in total. The van der Waals surface area contributed by atoms with Crippen LogP contribution in [0.4, 0.5) is 4.79 Å². The van der Waals surface area contributed by atoms with E-state index in [-0.39, 0.29) is 18.1 Å². The van der Waals surface area contributed by atoms with Crippen molar-refractivity contribution < 1.29 is 14.3 Å². The van der Waals surface area contributed by atoms with Crippen LogP contribution >= 0.6 is 0 Å². The molecule has 2 aliphatic heterocycles. The fourth-order valence-corrected chi connectivity index (χ4v) is 1.38. The van der Waals surface area contributed by atoms with Gasteiger partial charge in [0.05, 0.1) is 31.9 Å². The molecule has 0 aromatic carbocycles. The third-order valence-corrected chi connectivity index (χ3v) is 2.24. The van der Waals surface area contributed by atoms with Crippen molar-refractivity contribution in [3.63, 3.8) is 0 Å². The van der Waals surface area contributed by atoms with E-state index in [1.165, 1.54) is 0 Å². The van der Waals surface area contributed by atoms with Crippen LogP contribution in [-0.4, -0.2) is 44.5 Å². The number of ether oxygens (including phenoxy) is 2. The Hall–Kier alpha value is -0.810. The molecule has 5 nitrogen and oxygen atoms in total. The standard InChI is InChI=1S/C8H14N2O3/c11-8(10-7-4-13-5-7)9-6-1-2-12-3-6/h6-7H,1-5H2,(H2,9,10,11). The number of hydrogen-bond acceptors (Lipinski definition) is 3. The van der Waals surface area contributed by atoms with Crippen LogP contribution in [0, 0.1) is 0 Å². The molecule has 0 bridgehead atoms. The van der Waals surface area contributed by atoms with E-state index in [9.17, 15) is 4.79 Å². The second-order valence-corrected chi connectivity index (χ2v) is 3.41. The number of amides is 2. The van der Waals surface area contributed by atoms with Gasteiger partial charge in [0.1, 0.15) is 0 Å². The third-order valence-electron chi connectivity index (χ3n) is 2.24. The monoisotopic (exact) mass is 186 g/mol. The van der Waals surface area contributed by atoms with Crippen LogP contribution in [0.1, 0.15) is 6.42 Å². The molecule has 0 radical (unpaired) electrons. The lowest BCUT2D eigenvalue weighted by atomic mass is 10.2. The Labute approximate surface area is 76.8 Å². The van der Waals surface area contributed by atoms with Crippen molar-refractivity contribution in [2.75, 3.05) is 26.4 Å². The SMILES string of the molecule is O=C(NC1CCOC1)NC1COC1. The average molecular weight is 186 g/mol. The summed E-state index contributed by atoms with van der Waals surface area (Å²) in [4.78, 5) is 11.3. The Morgan fingerprint density at radius 3 is 2.31 bits per heavy atom. The lowest BCUT2D eigenvalue weighted by Crippen LogP contribution is -2.53. The van der Waals surface area contributed by atoms with Gasteiger partial charge >= 0.3 is 6.03 Å². The number of nitrogens with one attached hydrogen (secondary N) is 2. The predicted molar refractivity (Wildman–Crippen MR) is 45.5 cm³/mol. The summed E-state index contributed by atoms with van der Waals surface area (Å²) in [6.45, 7) is 2.65. The van der Waals surface area contributed by atoms with Crippen molar-refractivity contribution >= 4 is 6.03 Å². The fourth-order valence-electron chi connectivity index (χ4n) is 1.38. The van der Waals surface area contributed by atoms with E-state index >= 15 is 0 Å². The van der Waals surface area contributed by atoms with E-state index in [1.807, 2.05) is 0 Å². The Bertz CT molecular complexity index is 188. The topological polar surface area (TPSA) is 59.6 Å². The minimum absolute atomic E-state index is 0.108. The molecule has 1 atom stereocenters. The second kappa shape index (κ2) is 3.93. The minimum atomic E-state index is -0.108. The summed E-state index contributed by atoms with van der Waals surface area (Å²) in [5.41, 5.74) is 0. The maximum absolute atomic E-state index is 11.3. The lowest BCUT2D eigenvalue weighted by Gasteiger charge is -2.27. The zero-order chi connectivity index (χ0) is 9.10. The molecule has 5 heteroatoms. The van der Waals surface area contributed by atoms with Crippen molar-refractivity contribution in [3.8, 4) is 0 Å². The molecule has 0 aromatic heterocycles. The van der Waals surface area contributed by atoms with E-state index in [1.54, 1.807) is 0 Å². The summed E-state index contributed by atoms with van der Waals surface area (Å²) >= 11 is 0. The summed E-state index contributed by atoms with van der Waals surface area (Å²) in [5, 5.41) is 5.66. The van der Waals surface area contributed by atoms with Gasteiger partial charge in [-0.1, -0.05) is 0 Å². The molecule has 0 saturated carbocycles. The molecular weight excluding hydrogens is 172 g/mol. The highest BCUT2D eigenvalue weighted by molar-refractivity contribution is 5.74. The zero-order valence-electron chi connectivity index (χ0n) is 7.41. The molecule has 2 saturated heterocycles. The van der Waals surface area contributed by atoms with Crippen molar-refractivity contribution in [3.05, 3.63) is 0 Å². The van der Waals surface area contributed by atoms with Gasteiger partial charge in [0.25, 0.3) is 0 Å². The van der Waals surface area contributed by atoms with Crippen molar-refractivity contribution in [1.29, 1.82) is 0 Å². The summed E-state index contributed by atoms with van der Waals surface area (Å²) in [6.07, 6.45) is 0.911. The van der Waals surface area contributed by atoms with Crippen LogP contribution < -0.4 is 10.6 Å². The molecule has 74 valence electrons. The highest BCUT2D eigenvalue weighted by atomic mass is 16.5. The Morgan fingerprint density at radius 2 is 1.77 bits per heavy atom. The number of carbonyl (C=O) groups excluding carboxylic acids is 1. The Morgan fingerprint density at radius 1 is 1.08 bits per heavy atom. The van der Waals surface area contributed by atoms with Crippen LogP contribution in [-0.2, 0) is 9.47 Å². The maximum atomic E-state index is 11.3. The highest BCUT2D eigenvalue weighted by Crippen LogP contribution is 2.03. The van der Waals surface area contributed by atoms with Gasteiger partial charge in [-0.25, -0.2) is 4.79 Å². The van der Waals surface area contributed by atoms with E-state index in [2.05, 4.69) is 10.6 Å². The Balaban J connectivity index is 1.64. The normalized spacial score (nSPS) is 28.2. The number of rotatable bonds is 2. The first kappa shape index (κ1) is 8.77. The molecule has 1 unspecified atom stereocenters. The van der Waals surface area contributed by atoms with Gasteiger partial charge in [-0.05, 0) is 6.42 Å². The summed E-state index contributed by atoms with van der Waals surface area (Å²) in [5.74, 6) is 0. The van der Waals surface area contributed by atoms with Gasteiger partial charge in [0.15, 0.2) is 0 Å². The smallest absolute Gasteiger partial charge is 0.315 e. The van der Waals surface area contributed by atoms with E-state index in [0.29, 0.717) is 19.8 Å². The van der Waals surface area contributed by atoms with E-state index < -0.39 is 0 Å². The van der Waals surface area contributed by atoms with Gasteiger partial charge in [-0.3, -0.25) is 0 Å². The summed E-state index contributed by atoms with van der Waals surface area (Å²) in [6, 6.07) is 0.270. The fraction of sp³-hybridized carbons (Fsp3) is 0.875. The summed E-state index contributed by atoms with van der Waals surface area (Å²) < 4.78 is 10.1. The largest absolute Gasteiger partial charge is 0.379 e.